The summed E-state index contributed by atoms with van der Waals surface area (Å²) in [6, 6.07) is 0. The van der Waals surface area contributed by atoms with E-state index in [-0.39, 0.29) is 23.8 Å². The highest BCUT2D eigenvalue weighted by Crippen LogP contribution is 2.84. The first-order valence-electron chi connectivity index (χ1n) is 9.36. The fourth-order valence-corrected chi connectivity index (χ4v) is 7.44. The molecule has 0 aromatic carbocycles. The maximum atomic E-state index is 12.7. The van der Waals surface area contributed by atoms with Crippen LogP contribution in [0.4, 0.5) is 0 Å². The molecule has 0 aromatic heterocycles. The third-order valence-corrected chi connectivity index (χ3v) is 7.71. The van der Waals surface area contributed by atoms with Gasteiger partial charge in [0.05, 0.1) is 24.4 Å². The molecule has 8 aliphatic rings. The molecular formula is C20H24O4. The number of carbonyl (C=O) groups excluding carboxylic acids is 2. The van der Waals surface area contributed by atoms with Crippen molar-refractivity contribution >= 4 is 11.9 Å². The standard InChI is InChI=1S/C20H24O4/c1-4-8-7-9-11-13-10(8)14-12(9)15(11)16(13)18(20(22)24-6-3)17(14)19(21)23-5-2/h4,8-16H,1,5-7H2,2-3H3/t8-,9-,10+,11-,12+,13?,14-,15+,16-/m1/s1. The molecule has 0 aliphatic heterocycles. The second-order valence-corrected chi connectivity index (χ2v) is 8.01. The molecule has 24 heavy (non-hydrogen) atoms. The van der Waals surface area contributed by atoms with Crippen LogP contribution < -0.4 is 0 Å². The maximum Gasteiger partial charge on any atom is 0.334 e. The van der Waals surface area contributed by atoms with Crippen LogP contribution in [-0.4, -0.2) is 25.2 Å². The van der Waals surface area contributed by atoms with Crippen molar-refractivity contribution in [2.45, 2.75) is 20.3 Å². The summed E-state index contributed by atoms with van der Waals surface area (Å²) in [6.45, 7) is 8.37. The minimum absolute atomic E-state index is 0.190. The lowest BCUT2D eigenvalue weighted by atomic mass is 9.20. The lowest BCUT2D eigenvalue weighted by Gasteiger charge is -2.83. The Morgan fingerprint density at radius 2 is 1.50 bits per heavy atom. The van der Waals surface area contributed by atoms with Crippen molar-refractivity contribution in [3.05, 3.63) is 23.8 Å². The summed E-state index contributed by atoms with van der Waals surface area (Å²) in [4.78, 5) is 25.4. The Labute approximate surface area is 142 Å². The molecule has 6 saturated carbocycles. The fourth-order valence-electron chi connectivity index (χ4n) is 7.44. The van der Waals surface area contributed by atoms with E-state index in [9.17, 15) is 9.59 Å². The molecule has 9 atom stereocenters. The third kappa shape index (κ3) is 1.39. The molecule has 0 radical (unpaired) electrons. The number of allylic oxidation sites excluding steroid dienone is 1. The van der Waals surface area contributed by atoms with E-state index in [2.05, 4.69) is 12.7 Å². The molecule has 8 aliphatic carbocycles. The van der Waals surface area contributed by atoms with E-state index < -0.39 is 0 Å². The first-order valence-corrected chi connectivity index (χ1v) is 9.36. The molecule has 6 fully saturated rings. The minimum Gasteiger partial charge on any atom is -0.463 e. The zero-order valence-electron chi connectivity index (χ0n) is 14.2. The number of hydrogen-bond acceptors (Lipinski definition) is 4. The molecule has 0 aromatic rings. The molecule has 4 nitrogen and oxygen atoms in total. The zero-order chi connectivity index (χ0) is 16.7. The highest BCUT2D eigenvalue weighted by atomic mass is 16.5. The Morgan fingerprint density at radius 3 is 2.04 bits per heavy atom. The monoisotopic (exact) mass is 328 g/mol. The van der Waals surface area contributed by atoms with E-state index in [0.717, 1.165) is 11.8 Å². The summed E-state index contributed by atoms with van der Waals surface area (Å²) < 4.78 is 10.7. The summed E-state index contributed by atoms with van der Waals surface area (Å²) in [7, 11) is 0. The first kappa shape index (κ1) is 14.7. The van der Waals surface area contributed by atoms with Crippen molar-refractivity contribution in [1.29, 1.82) is 0 Å². The van der Waals surface area contributed by atoms with Crippen LogP contribution in [-0.2, 0) is 19.1 Å². The normalized spacial score (nSPS) is 48.5. The summed E-state index contributed by atoms with van der Waals surface area (Å²) in [5, 5.41) is 0. The average molecular weight is 328 g/mol. The topological polar surface area (TPSA) is 52.6 Å². The van der Waals surface area contributed by atoms with Crippen LogP contribution >= 0.6 is 0 Å². The van der Waals surface area contributed by atoms with Crippen molar-refractivity contribution < 1.29 is 19.1 Å². The van der Waals surface area contributed by atoms with Gasteiger partial charge in [-0.15, -0.1) is 6.58 Å². The molecule has 4 heteroatoms. The van der Waals surface area contributed by atoms with E-state index in [4.69, 9.17) is 9.47 Å². The predicted molar refractivity (Wildman–Crippen MR) is 86.5 cm³/mol. The Kier molecular flexibility index (Phi) is 2.91. The van der Waals surface area contributed by atoms with Crippen LogP contribution in [0.25, 0.3) is 0 Å². The molecule has 8 rings (SSSR count). The van der Waals surface area contributed by atoms with Crippen molar-refractivity contribution in [2.24, 2.45) is 53.3 Å². The van der Waals surface area contributed by atoms with E-state index in [1.165, 1.54) is 6.42 Å². The largest absolute Gasteiger partial charge is 0.463 e. The Bertz CT molecular complexity index is 677. The average Bonchev–Trinajstić information content (AvgIpc) is 2.55. The van der Waals surface area contributed by atoms with Crippen LogP contribution in [0.1, 0.15) is 20.3 Å². The van der Waals surface area contributed by atoms with Crippen LogP contribution in [0, 0.1) is 53.3 Å². The molecule has 128 valence electrons. The second-order valence-electron chi connectivity index (χ2n) is 8.01. The van der Waals surface area contributed by atoms with Gasteiger partial charge < -0.3 is 9.47 Å². The van der Waals surface area contributed by atoms with Gasteiger partial charge in [-0.1, -0.05) is 6.08 Å². The number of fused-ring (bicyclic) bond motifs is 1. The van der Waals surface area contributed by atoms with Crippen LogP contribution in [0.3, 0.4) is 0 Å². The molecule has 0 saturated heterocycles. The highest BCUT2D eigenvalue weighted by molar-refractivity contribution is 6.02. The maximum absolute atomic E-state index is 12.7. The Balaban J connectivity index is 1.63. The summed E-state index contributed by atoms with van der Waals surface area (Å²) in [5.74, 6) is 4.08. The van der Waals surface area contributed by atoms with Gasteiger partial charge in [0.25, 0.3) is 0 Å². The van der Waals surface area contributed by atoms with Gasteiger partial charge in [0, 0.05) is 0 Å². The number of ether oxygens (including phenoxy) is 2. The molecule has 1 unspecified atom stereocenters. The smallest absolute Gasteiger partial charge is 0.334 e. The van der Waals surface area contributed by atoms with E-state index in [1.54, 1.807) is 0 Å². The number of rotatable bonds is 5. The summed E-state index contributed by atoms with van der Waals surface area (Å²) in [6.07, 6.45) is 3.31. The molecule has 0 N–H and O–H groups in total. The van der Waals surface area contributed by atoms with E-state index >= 15 is 0 Å². The van der Waals surface area contributed by atoms with Gasteiger partial charge in [-0.25, -0.2) is 9.59 Å². The van der Waals surface area contributed by atoms with Crippen molar-refractivity contribution in [1.82, 2.24) is 0 Å². The van der Waals surface area contributed by atoms with Gasteiger partial charge in [0.2, 0.25) is 0 Å². The zero-order valence-corrected chi connectivity index (χ0v) is 14.2. The van der Waals surface area contributed by atoms with Gasteiger partial charge >= 0.3 is 11.9 Å². The van der Waals surface area contributed by atoms with Crippen molar-refractivity contribution in [2.75, 3.05) is 13.2 Å². The van der Waals surface area contributed by atoms with Gasteiger partial charge in [-0.05, 0) is 73.5 Å². The van der Waals surface area contributed by atoms with E-state index in [1.807, 2.05) is 13.8 Å². The Hall–Kier alpha value is -1.58. The fraction of sp³-hybridized carbons (Fsp3) is 0.700. The minimum atomic E-state index is -0.286. The van der Waals surface area contributed by atoms with Gasteiger partial charge in [0.15, 0.2) is 0 Å². The lowest BCUT2D eigenvalue weighted by Crippen LogP contribution is -2.81. The van der Waals surface area contributed by atoms with Gasteiger partial charge in [-0.3, -0.25) is 0 Å². The molecule has 0 spiro atoms. The van der Waals surface area contributed by atoms with Crippen molar-refractivity contribution in [3.63, 3.8) is 0 Å². The Morgan fingerprint density at radius 1 is 0.958 bits per heavy atom. The molecule has 0 heterocycles. The quantitative estimate of drug-likeness (QED) is 0.575. The van der Waals surface area contributed by atoms with Gasteiger partial charge in [-0.2, -0.15) is 0 Å². The number of carbonyl (C=O) groups is 2. The first-order chi connectivity index (χ1) is 11.7. The second kappa shape index (κ2) is 4.74. The third-order valence-electron chi connectivity index (χ3n) is 7.71. The predicted octanol–water partition coefficient (Wildman–Crippen LogP) is 2.60. The molecule has 0 amide bonds. The molecular weight excluding hydrogens is 304 g/mol. The van der Waals surface area contributed by atoms with Crippen LogP contribution in [0.2, 0.25) is 0 Å². The molecule has 8 bridgehead atoms. The summed E-state index contributed by atoms with van der Waals surface area (Å²) >= 11 is 0. The number of hydrogen-bond donors (Lipinski definition) is 0. The lowest BCUT2D eigenvalue weighted by molar-refractivity contribution is -0.333. The van der Waals surface area contributed by atoms with Crippen molar-refractivity contribution in [3.8, 4) is 0 Å². The summed E-state index contributed by atoms with van der Waals surface area (Å²) in [5.41, 5.74) is 1.33. The van der Waals surface area contributed by atoms with E-state index in [0.29, 0.717) is 53.9 Å². The SMILES string of the molecule is C=C[C@@H]1C[C@@H]2[C@@H]3C4[C@H]1[C@H]1C(C(=O)OCC)=C(C(=O)OCC)[C@H]4[C@@H]3[C@@H]21. The van der Waals surface area contributed by atoms with Crippen LogP contribution in [0.15, 0.2) is 23.8 Å². The highest BCUT2D eigenvalue weighted by Gasteiger charge is 2.82. The van der Waals surface area contributed by atoms with Crippen LogP contribution in [0.5, 0.6) is 0 Å². The number of esters is 2. The van der Waals surface area contributed by atoms with Gasteiger partial charge in [0.1, 0.15) is 0 Å².